The highest BCUT2D eigenvalue weighted by Gasteiger charge is 2.48. The van der Waals surface area contributed by atoms with Crippen LogP contribution < -0.4 is 10.1 Å². The van der Waals surface area contributed by atoms with E-state index in [-0.39, 0.29) is 29.0 Å². The van der Waals surface area contributed by atoms with E-state index < -0.39 is 11.8 Å². The van der Waals surface area contributed by atoms with E-state index in [9.17, 15) is 14.4 Å². The Balaban J connectivity index is 1.45. The van der Waals surface area contributed by atoms with Crippen LogP contribution in [0.3, 0.4) is 0 Å². The van der Waals surface area contributed by atoms with Crippen LogP contribution >= 0.6 is 34.8 Å². The normalized spacial score (nSPS) is 20.1. The monoisotopic (exact) mass is 614 g/mol. The number of rotatable bonds is 5. The number of nitrogens with zero attached hydrogens (tertiary/aromatic N) is 1. The minimum Gasteiger partial charge on any atom is -0.482 e. The molecule has 0 aromatic heterocycles. The molecule has 0 saturated heterocycles. The summed E-state index contributed by atoms with van der Waals surface area (Å²) in [4.78, 5) is 41.9. The summed E-state index contributed by atoms with van der Waals surface area (Å²) in [5, 5.41) is 3.72. The Kier molecular flexibility index (Phi) is 7.82. The number of halogens is 3. The van der Waals surface area contributed by atoms with Crippen LogP contribution in [0.15, 0.2) is 58.9 Å². The third-order valence-corrected chi connectivity index (χ3v) is 9.07. The van der Waals surface area contributed by atoms with E-state index in [0.29, 0.717) is 50.5 Å². The number of allylic oxidation sites excluding steroid dienone is 4. The summed E-state index contributed by atoms with van der Waals surface area (Å²) in [5.41, 5.74) is 4.24. The minimum absolute atomic E-state index is 0.0627. The minimum atomic E-state index is -0.493. The van der Waals surface area contributed by atoms with Gasteiger partial charge in [-0.2, -0.15) is 0 Å². The van der Waals surface area contributed by atoms with E-state index in [1.165, 1.54) is 0 Å². The van der Waals surface area contributed by atoms with Crippen molar-refractivity contribution < 1.29 is 19.1 Å². The van der Waals surface area contributed by atoms with Crippen LogP contribution in [-0.4, -0.2) is 36.0 Å². The van der Waals surface area contributed by atoms with Crippen molar-refractivity contribution in [1.29, 1.82) is 0 Å². The second kappa shape index (κ2) is 10.8. The molecule has 1 N–H and O–H groups in total. The highest BCUT2D eigenvalue weighted by atomic mass is 35.5. The molecule has 0 unspecified atom stereocenters. The third-order valence-electron chi connectivity index (χ3n) is 8.03. The lowest BCUT2D eigenvalue weighted by Gasteiger charge is -2.47. The molecule has 0 fully saturated rings. The Morgan fingerprint density at radius 2 is 1.44 bits per heavy atom. The van der Waals surface area contributed by atoms with Gasteiger partial charge < -0.3 is 15.0 Å². The smallest absolute Gasteiger partial charge is 0.262 e. The van der Waals surface area contributed by atoms with Crippen molar-refractivity contribution in [2.75, 3.05) is 19.0 Å². The van der Waals surface area contributed by atoms with Crippen LogP contribution in [0.5, 0.6) is 5.75 Å². The molecule has 2 aromatic rings. The maximum absolute atomic E-state index is 13.7. The lowest BCUT2D eigenvalue weighted by molar-refractivity contribution is -0.120. The Morgan fingerprint density at radius 3 is 1.98 bits per heavy atom. The van der Waals surface area contributed by atoms with Crippen molar-refractivity contribution in [3.8, 4) is 5.75 Å². The Hall–Kier alpha value is -2.80. The van der Waals surface area contributed by atoms with Crippen LogP contribution in [0, 0.1) is 10.8 Å². The highest BCUT2D eigenvalue weighted by molar-refractivity contribution is 6.42. The predicted octanol–water partition coefficient (Wildman–Crippen LogP) is 7.98. The largest absolute Gasteiger partial charge is 0.482 e. The number of nitrogens with one attached hydrogen (secondary N) is 1. The first-order chi connectivity index (χ1) is 19.2. The molecule has 41 heavy (non-hydrogen) atoms. The zero-order valence-electron chi connectivity index (χ0n) is 23.8. The lowest BCUT2D eigenvalue weighted by atomic mass is 9.64. The molecule has 2 aromatic carbocycles. The fraction of sp³-hybridized carbons (Fsp3) is 0.406. The number of anilines is 1. The zero-order chi connectivity index (χ0) is 29.9. The van der Waals surface area contributed by atoms with E-state index >= 15 is 0 Å². The van der Waals surface area contributed by atoms with Gasteiger partial charge in [0.15, 0.2) is 18.2 Å². The summed E-state index contributed by atoms with van der Waals surface area (Å²) in [6, 6.07) is 10.1. The van der Waals surface area contributed by atoms with Crippen LogP contribution in [0.4, 0.5) is 5.69 Å². The summed E-state index contributed by atoms with van der Waals surface area (Å²) >= 11 is 18.6. The number of hydrogen-bond acceptors (Lipinski definition) is 5. The predicted molar refractivity (Wildman–Crippen MR) is 163 cm³/mol. The summed E-state index contributed by atoms with van der Waals surface area (Å²) in [6.45, 7) is 8.16. The first kappa shape index (κ1) is 29.7. The molecule has 5 rings (SSSR count). The van der Waals surface area contributed by atoms with Gasteiger partial charge in [-0.3, -0.25) is 14.4 Å². The maximum Gasteiger partial charge on any atom is 0.262 e. The van der Waals surface area contributed by atoms with Gasteiger partial charge in [-0.15, -0.1) is 0 Å². The Morgan fingerprint density at radius 1 is 0.854 bits per heavy atom. The van der Waals surface area contributed by atoms with Gasteiger partial charge in [0.25, 0.3) is 5.91 Å². The van der Waals surface area contributed by atoms with Gasteiger partial charge in [0.1, 0.15) is 5.75 Å². The Bertz CT molecular complexity index is 1490. The molecule has 0 bridgehead atoms. The fourth-order valence-corrected chi connectivity index (χ4v) is 6.77. The average molecular weight is 616 g/mol. The molecular weight excluding hydrogens is 583 g/mol. The molecule has 2 aliphatic carbocycles. The molecule has 3 aliphatic rings. The Labute approximate surface area is 255 Å². The molecule has 0 spiro atoms. The molecule has 0 atom stereocenters. The van der Waals surface area contributed by atoms with E-state index in [1.807, 2.05) is 13.1 Å². The summed E-state index contributed by atoms with van der Waals surface area (Å²) in [5.74, 6) is -0.439. The van der Waals surface area contributed by atoms with Crippen molar-refractivity contribution in [2.24, 2.45) is 10.8 Å². The molecule has 1 amide bonds. The van der Waals surface area contributed by atoms with Gasteiger partial charge in [0.05, 0.1) is 15.1 Å². The summed E-state index contributed by atoms with van der Waals surface area (Å²) in [7, 11) is 1.98. The highest BCUT2D eigenvalue weighted by Crippen LogP contribution is 2.54. The van der Waals surface area contributed by atoms with Crippen molar-refractivity contribution >= 4 is 58.0 Å². The lowest BCUT2D eigenvalue weighted by Crippen LogP contribution is -2.43. The van der Waals surface area contributed by atoms with E-state index in [1.54, 1.807) is 30.3 Å². The molecule has 1 aliphatic heterocycles. The molecule has 0 saturated carbocycles. The average Bonchev–Trinajstić information content (AvgIpc) is 2.85. The number of Topliss-reactive ketones (excluding diaryl/α,β-unsaturated/α-hetero) is 2. The van der Waals surface area contributed by atoms with Crippen LogP contribution in [0.1, 0.15) is 64.9 Å². The number of benzene rings is 2. The SMILES string of the molecule is CN1C2=C(C(=O)CC(C)(C)C2)C(c2ccc(OCC(=O)Nc3ccc(Cl)c(Cl)c3)c(Cl)c2)C2=C1CC(C)(C)CC2=O. The van der Waals surface area contributed by atoms with E-state index in [2.05, 4.69) is 37.9 Å². The van der Waals surface area contributed by atoms with Crippen molar-refractivity contribution in [2.45, 2.75) is 59.3 Å². The number of hydrogen-bond donors (Lipinski definition) is 1. The first-order valence-corrected chi connectivity index (χ1v) is 14.7. The third kappa shape index (κ3) is 5.93. The zero-order valence-corrected chi connectivity index (χ0v) is 26.1. The van der Waals surface area contributed by atoms with Gasteiger partial charge in [-0.1, -0.05) is 68.6 Å². The van der Waals surface area contributed by atoms with Gasteiger partial charge in [-0.05, 0) is 59.6 Å². The number of amides is 1. The molecular formula is C32H33Cl3N2O4. The summed E-state index contributed by atoms with van der Waals surface area (Å²) < 4.78 is 5.73. The van der Waals surface area contributed by atoms with Crippen molar-refractivity contribution in [3.05, 3.63) is 79.6 Å². The van der Waals surface area contributed by atoms with Gasteiger partial charge in [0, 0.05) is 54.0 Å². The van der Waals surface area contributed by atoms with Gasteiger partial charge in [0.2, 0.25) is 0 Å². The molecule has 1 heterocycles. The number of carbonyl (C=O) groups excluding carboxylic acids is 3. The second-order valence-corrected chi connectivity index (χ2v) is 14.0. The topological polar surface area (TPSA) is 75.7 Å². The van der Waals surface area contributed by atoms with Crippen LogP contribution in [0.25, 0.3) is 0 Å². The second-order valence-electron chi connectivity index (χ2n) is 12.8. The van der Waals surface area contributed by atoms with Crippen molar-refractivity contribution in [1.82, 2.24) is 4.90 Å². The molecule has 9 heteroatoms. The van der Waals surface area contributed by atoms with Gasteiger partial charge in [-0.25, -0.2) is 0 Å². The van der Waals surface area contributed by atoms with Gasteiger partial charge >= 0.3 is 0 Å². The van der Waals surface area contributed by atoms with E-state index in [0.717, 1.165) is 29.8 Å². The standard InChI is InChI=1S/C32H33Cl3N2O4/c1-31(2)12-22-29(24(38)14-31)28(30-23(37(22)5)13-32(3,4)15-25(30)39)17-6-9-26(21(35)10-17)41-16-27(40)36-18-7-8-19(33)20(34)11-18/h6-11,28H,12-16H2,1-5H3,(H,36,40). The van der Waals surface area contributed by atoms with E-state index in [4.69, 9.17) is 39.5 Å². The number of ketones is 2. The van der Waals surface area contributed by atoms with Crippen LogP contribution in [-0.2, 0) is 14.4 Å². The van der Waals surface area contributed by atoms with Crippen molar-refractivity contribution in [3.63, 3.8) is 0 Å². The molecule has 6 nitrogen and oxygen atoms in total. The number of ether oxygens (including phenoxy) is 1. The fourth-order valence-electron chi connectivity index (χ4n) is 6.23. The first-order valence-electron chi connectivity index (χ1n) is 13.6. The maximum atomic E-state index is 13.7. The number of carbonyl (C=O) groups is 3. The molecule has 216 valence electrons. The van der Waals surface area contributed by atoms with Crippen LogP contribution in [0.2, 0.25) is 15.1 Å². The molecule has 0 radical (unpaired) electrons. The quantitative estimate of drug-likeness (QED) is 0.369. The summed E-state index contributed by atoms with van der Waals surface area (Å²) in [6.07, 6.45) is 2.33.